The average Bonchev–Trinajstić information content (AvgIpc) is 2.77. The SMILES string of the molecule is CCCCC(CC)N[C@@H](C)C1CCCC1. The second kappa shape index (κ2) is 7.27. The monoisotopic (exact) mass is 211 g/mol. The number of hydrogen-bond donors (Lipinski definition) is 1. The molecule has 1 saturated carbocycles. The van der Waals surface area contributed by atoms with Gasteiger partial charge in [-0.1, -0.05) is 39.5 Å². The zero-order chi connectivity index (χ0) is 11.1. The number of rotatable bonds is 7. The van der Waals surface area contributed by atoms with Crippen LogP contribution in [0.15, 0.2) is 0 Å². The van der Waals surface area contributed by atoms with Crippen molar-refractivity contribution in [2.75, 3.05) is 0 Å². The Hall–Kier alpha value is -0.0400. The molecule has 0 heterocycles. The Labute approximate surface area is 96.0 Å². The zero-order valence-corrected chi connectivity index (χ0v) is 10.9. The maximum absolute atomic E-state index is 3.84. The Morgan fingerprint density at radius 2 is 1.87 bits per heavy atom. The molecule has 1 heteroatoms. The van der Waals surface area contributed by atoms with E-state index in [9.17, 15) is 0 Å². The minimum Gasteiger partial charge on any atom is -0.311 e. The third-order valence-corrected chi connectivity index (χ3v) is 4.00. The van der Waals surface area contributed by atoms with Gasteiger partial charge in [-0.3, -0.25) is 0 Å². The van der Waals surface area contributed by atoms with Gasteiger partial charge in [0.2, 0.25) is 0 Å². The molecule has 0 aromatic carbocycles. The third kappa shape index (κ3) is 4.55. The summed E-state index contributed by atoms with van der Waals surface area (Å²) in [6.45, 7) is 6.99. The van der Waals surface area contributed by atoms with Crippen LogP contribution < -0.4 is 5.32 Å². The first-order chi connectivity index (χ1) is 7.27. The van der Waals surface area contributed by atoms with Crippen LogP contribution in [0.2, 0.25) is 0 Å². The first kappa shape index (κ1) is 13.0. The van der Waals surface area contributed by atoms with E-state index in [0.29, 0.717) is 0 Å². The molecule has 15 heavy (non-hydrogen) atoms. The van der Waals surface area contributed by atoms with Crippen LogP contribution in [0.4, 0.5) is 0 Å². The molecule has 1 fully saturated rings. The molecule has 0 spiro atoms. The maximum Gasteiger partial charge on any atom is 0.00695 e. The Bertz CT molecular complexity index is 149. The van der Waals surface area contributed by atoms with Crippen LogP contribution in [0.3, 0.4) is 0 Å². The summed E-state index contributed by atoms with van der Waals surface area (Å²) in [5, 5.41) is 3.84. The van der Waals surface area contributed by atoms with Crippen molar-refractivity contribution in [3.8, 4) is 0 Å². The number of unbranched alkanes of at least 4 members (excludes halogenated alkanes) is 1. The summed E-state index contributed by atoms with van der Waals surface area (Å²) in [5.41, 5.74) is 0. The molecule has 0 aromatic rings. The van der Waals surface area contributed by atoms with Gasteiger partial charge in [0.25, 0.3) is 0 Å². The van der Waals surface area contributed by atoms with Gasteiger partial charge in [0.1, 0.15) is 0 Å². The zero-order valence-electron chi connectivity index (χ0n) is 10.9. The van der Waals surface area contributed by atoms with E-state index in [0.717, 1.165) is 18.0 Å². The molecule has 0 aliphatic heterocycles. The predicted octanol–water partition coefficient (Wildman–Crippen LogP) is 4.12. The van der Waals surface area contributed by atoms with Gasteiger partial charge in [-0.2, -0.15) is 0 Å². The van der Waals surface area contributed by atoms with Crippen molar-refractivity contribution in [3.05, 3.63) is 0 Å². The summed E-state index contributed by atoms with van der Waals surface area (Å²) in [4.78, 5) is 0. The van der Waals surface area contributed by atoms with Gasteiger partial charge in [0.15, 0.2) is 0 Å². The average molecular weight is 211 g/mol. The van der Waals surface area contributed by atoms with E-state index >= 15 is 0 Å². The molecular weight excluding hydrogens is 182 g/mol. The van der Waals surface area contributed by atoms with Crippen LogP contribution in [-0.4, -0.2) is 12.1 Å². The van der Waals surface area contributed by atoms with Gasteiger partial charge in [-0.25, -0.2) is 0 Å². The molecule has 0 bridgehead atoms. The lowest BCUT2D eigenvalue weighted by atomic mass is 9.97. The van der Waals surface area contributed by atoms with Crippen molar-refractivity contribution in [1.82, 2.24) is 5.32 Å². The molecule has 1 unspecified atom stereocenters. The van der Waals surface area contributed by atoms with Gasteiger partial charge in [-0.05, 0) is 38.5 Å². The molecule has 2 atom stereocenters. The van der Waals surface area contributed by atoms with Crippen LogP contribution >= 0.6 is 0 Å². The summed E-state index contributed by atoms with van der Waals surface area (Å²) in [7, 11) is 0. The fraction of sp³-hybridized carbons (Fsp3) is 1.00. The molecular formula is C14H29N. The lowest BCUT2D eigenvalue weighted by Gasteiger charge is -2.26. The molecule has 1 aliphatic rings. The van der Waals surface area contributed by atoms with Gasteiger partial charge < -0.3 is 5.32 Å². The van der Waals surface area contributed by atoms with E-state index < -0.39 is 0 Å². The second-order valence-electron chi connectivity index (χ2n) is 5.25. The predicted molar refractivity (Wildman–Crippen MR) is 68.2 cm³/mol. The largest absolute Gasteiger partial charge is 0.311 e. The van der Waals surface area contributed by atoms with Gasteiger partial charge in [-0.15, -0.1) is 0 Å². The molecule has 90 valence electrons. The van der Waals surface area contributed by atoms with E-state index in [1.54, 1.807) is 0 Å². The van der Waals surface area contributed by atoms with Crippen LogP contribution in [-0.2, 0) is 0 Å². The van der Waals surface area contributed by atoms with Crippen molar-refractivity contribution in [2.45, 2.75) is 84.2 Å². The number of hydrogen-bond acceptors (Lipinski definition) is 1. The number of nitrogens with one attached hydrogen (secondary N) is 1. The fourth-order valence-electron chi connectivity index (χ4n) is 2.82. The van der Waals surface area contributed by atoms with E-state index in [4.69, 9.17) is 0 Å². The van der Waals surface area contributed by atoms with Crippen LogP contribution in [0.5, 0.6) is 0 Å². The highest BCUT2D eigenvalue weighted by Gasteiger charge is 2.22. The van der Waals surface area contributed by atoms with Crippen molar-refractivity contribution in [2.24, 2.45) is 5.92 Å². The maximum atomic E-state index is 3.84. The quantitative estimate of drug-likeness (QED) is 0.668. The highest BCUT2D eigenvalue weighted by Crippen LogP contribution is 2.28. The third-order valence-electron chi connectivity index (χ3n) is 4.00. The van der Waals surface area contributed by atoms with Crippen LogP contribution in [0, 0.1) is 5.92 Å². The van der Waals surface area contributed by atoms with E-state index in [1.807, 2.05) is 0 Å². The van der Waals surface area contributed by atoms with Crippen LogP contribution in [0.25, 0.3) is 0 Å². The molecule has 1 N–H and O–H groups in total. The summed E-state index contributed by atoms with van der Waals surface area (Å²) >= 11 is 0. The second-order valence-corrected chi connectivity index (χ2v) is 5.25. The summed E-state index contributed by atoms with van der Waals surface area (Å²) in [6, 6.07) is 1.51. The molecule has 1 aliphatic carbocycles. The molecule has 0 saturated heterocycles. The Kier molecular flexibility index (Phi) is 6.31. The van der Waals surface area contributed by atoms with Gasteiger partial charge >= 0.3 is 0 Å². The molecule has 0 amide bonds. The van der Waals surface area contributed by atoms with Crippen molar-refractivity contribution in [3.63, 3.8) is 0 Å². The highest BCUT2D eigenvalue weighted by atomic mass is 14.9. The first-order valence-corrected chi connectivity index (χ1v) is 7.04. The van der Waals surface area contributed by atoms with E-state index in [1.165, 1.54) is 51.4 Å². The van der Waals surface area contributed by atoms with Gasteiger partial charge in [0, 0.05) is 12.1 Å². The minimum absolute atomic E-state index is 0.745. The summed E-state index contributed by atoms with van der Waals surface area (Å²) in [5.74, 6) is 0.959. The highest BCUT2D eigenvalue weighted by molar-refractivity contribution is 4.80. The van der Waals surface area contributed by atoms with Crippen molar-refractivity contribution >= 4 is 0 Å². The Morgan fingerprint density at radius 1 is 1.20 bits per heavy atom. The van der Waals surface area contributed by atoms with Crippen molar-refractivity contribution < 1.29 is 0 Å². The molecule has 0 radical (unpaired) electrons. The standard InChI is InChI=1S/C14H29N/c1-4-6-11-14(5-2)15-12(3)13-9-7-8-10-13/h12-15H,4-11H2,1-3H3/t12-,14?/m0/s1. The smallest absolute Gasteiger partial charge is 0.00695 e. The molecule has 1 rings (SSSR count). The lowest BCUT2D eigenvalue weighted by molar-refractivity contribution is 0.322. The normalized spacial score (nSPS) is 21.8. The Balaban J connectivity index is 2.23. The molecule has 0 aromatic heterocycles. The fourth-order valence-corrected chi connectivity index (χ4v) is 2.82. The topological polar surface area (TPSA) is 12.0 Å². The minimum atomic E-state index is 0.745. The van der Waals surface area contributed by atoms with E-state index in [2.05, 4.69) is 26.1 Å². The van der Waals surface area contributed by atoms with Crippen molar-refractivity contribution in [1.29, 1.82) is 0 Å². The van der Waals surface area contributed by atoms with Crippen LogP contribution in [0.1, 0.15) is 72.1 Å². The summed E-state index contributed by atoms with van der Waals surface area (Å²) < 4.78 is 0. The summed E-state index contributed by atoms with van der Waals surface area (Å²) in [6.07, 6.45) is 11.2. The van der Waals surface area contributed by atoms with Gasteiger partial charge in [0.05, 0.1) is 0 Å². The molecule has 1 nitrogen and oxygen atoms in total. The first-order valence-electron chi connectivity index (χ1n) is 7.04. The Morgan fingerprint density at radius 3 is 2.40 bits per heavy atom. The lowest BCUT2D eigenvalue weighted by Crippen LogP contribution is -2.40. The van der Waals surface area contributed by atoms with E-state index in [-0.39, 0.29) is 0 Å².